The predicted molar refractivity (Wildman–Crippen MR) is 81.1 cm³/mol. The number of hydrogen-bond donors (Lipinski definition) is 2. The number of hydrazine groups is 1. The average molecular weight is 311 g/mol. The molecule has 1 heterocycles. The summed E-state index contributed by atoms with van der Waals surface area (Å²) in [5.74, 6) is -0.368. The predicted octanol–water partition coefficient (Wildman–Crippen LogP) is 1.33. The highest BCUT2D eigenvalue weighted by Gasteiger charge is 2.20. The summed E-state index contributed by atoms with van der Waals surface area (Å²) in [6.07, 6.45) is 0. The zero-order chi connectivity index (χ0) is 15.2. The van der Waals surface area contributed by atoms with Crippen molar-refractivity contribution in [3.8, 4) is 0 Å². The summed E-state index contributed by atoms with van der Waals surface area (Å²) in [6, 6.07) is 6.17. The van der Waals surface area contributed by atoms with Crippen LogP contribution in [-0.2, 0) is 0 Å². The monoisotopic (exact) mass is 310 g/mol. The van der Waals surface area contributed by atoms with Crippen LogP contribution < -0.4 is 10.9 Å². The molecule has 0 unspecified atom stereocenters. The molecule has 21 heavy (non-hydrogen) atoms. The van der Waals surface area contributed by atoms with Crippen molar-refractivity contribution in [3.05, 3.63) is 34.9 Å². The first kappa shape index (κ1) is 15.6. The van der Waals surface area contributed by atoms with Crippen molar-refractivity contribution in [2.45, 2.75) is 6.92 Å². The molecular formula is C14H19ClN4O2. The molecule has 1 aliphatic heterocycles. The molecule has 6 nitrogen and oxygen atoms in total. The first-order valence-electron chi connectivity index (χ1n) is 6.93. The number of hydrogen-bond acceptors (Lipinski definition) is 3. The lowest BCUT2D eigenvalue weighted by molar-refractivity contribution is 0.0921. The molecule has 114 valence electrons. The Morgan fingerprint density at radius 3 is 2.29 bits per heavy atom. The SMILES string of the molecule is CCN1CCN(C(=O)NNC(=O)c2ccc(Cl)cc2)CC1. The molecule has 7 heteroatoms. The number of nitrogens with one attached hydrogen (secondary N) is 2. The molecule has 0 atom stereocenters. The fraction of sp³-hybridized carbons (Fsp3) is 0.429. The van der Waals surface area contributed by atoms with Gasteiger partial charge in [-0.15, -0.1) is 0 Å². The Labute approximate surface area is 129 Å². The molecular weight excluding hydrogens is 292 g/mol. The minimum Gasteiger partial charge on any atom is -0.321 e. The van der Waals surface area contributed by atoms with Crippen LogP contribution in [-0.4, -0.2) is 54.5 Å². The third kappa shape index (κ3) is 4.34. The van der Waals surface area contributed by atoms with Crippen LogP contribution in [0.3, 0.4) is 0 Å². The van der Waals surface area contributed by atoms with Gasteiger partial charge in [0, 0.05) is 36.8 Å². The van der Waals surface area contributed by atoms with E-state index >= 15 is 0 Å². The first-order valence-corrected chi connectivity index (χ1v) is 7.31. The molecule has 0 aromatic heterocycles. The van der Waals surface area contributed by atoms with Gasteiger partial charge in [0.25, 0.3) is 5.91 Å². The summed E-state index contributed by atoms with van der Waals surface area (Å²) >= 11 is 5.76. The van der Waals surface area contributed by atoms with E-state index in [9.17, 15) is 9.59 Å². The van der Waals surface area contributed by atoms with E-state index in [0.29, 0.717) is 23.7 Å². The van der Waals surface area contributed by atoms with Gasteiger partial charge in [0.1, 0.15) is 0 Å². The maximum atomic E-state index is 11.9. The second kappa shape index (κ2) is 7.28. The number of benzene rings is 1. The fourth-order valence-corrected chi connectivity index (χ4v) is 2.26. The third-order valence-electron chi connectivity index (χ3n) is 3.50. The number of nitrogens with zero attached hydrogens (tertiary/aromatic N) is 2. The van der Waals surface area contributed by atoms with E-state index in [1.165, 1.54) is 0 Å². The summed E-state index contributed by atoms with van der Waals surface area (Å²) in [5.41, 5.74) is 5.28. The molecule has 2 N–H and O–H groups in total. The molecule has 0 radical (unpaired) electrons. The number of halogens is 1. The lowest BCUT2D eigenvalue weighted by Crippen LogP contribution is -2.55. The van der Waals surface area contributed by atoms with E-state index in [-0.39, 0.29) is 11.9 Å². The van der Waals surface area contributed by atoms with E-state index in [4.69, 9.17) is 11.6 Å². The molecule has 1 aliphatic rings. The summed E-state index contributed by atoms with van der Waals surface area (Å²) in [5, 5.41) is 0.560. The van der Waals surface area contributed by atoms with Crippen molar-refractivity contribution in [2.24, 2.45) is 0 Å². The number of piperazine rings is 1. The van der Waals surface area contributed by atoms with E-state index in [1.54, 1.807) is 29.2 Å². The molecule has 2 rings (SSSR count). The van der Waals surface area contributed by atoms with Crippen molar-refractivity contribution >= 4 is 23.5 Å². The van der Waals surface area contributed by atoms with E-state index in [0.717, 1.165) is 19.6 Å². The van der Waals surface area contributed by atoms with Gasteiger partial charge in [0.15, 0.2) is 0 Å². The highest BCUT2D eigenvalue weighted by atomic mass is 35.5. The maximum absolute atomic E-state index is 11.9. The van der Waals surface area contributed by atoms with Crippen LogP contribution in [0.15, 0.2) is 24.3 Å². The Hall–Kier alpha value is -1.79. The number of rotatable bonds is 2. The van der Waals surface area contributed by atoms with Gasteiger partial charge >= 0.3 is 6.03 Å². The summed E-state index contributed by atoms with van der Waals surface area (Å²) in [6.45, 7) is 6.13. The molecule has 1 aromatic carbocycles. The van der Waals surface area contributed by atoms with Gasteiger partial charge in [-0.1, -0.05) is 18.5 Å². The Morgan fingerprint density at radius 2 is 1.71 bits per heavy atom. The van der Waals surface area contributed by atoms with Crippen molar-refractivity contribution in [1.82, 2.24) is 20.7 Å². The molecule has 0 spiro atoms. The van der Waals surface area contributed by atoms with Gasteiger partial charge in [-0.2, -0.15) is 0 Å². The fourth-order valence-electron chi connectivity index (χ4n) is 2.13. The number of likely N-dealkylation sites (N-methyl/N-ethyl adjacent to an activating group) is 1. The number of carbonyl (C=O) groups excluding carboxylic acids is 2. The Bertz CT molecular complexity index is 498. The quantitative estimate of drug-likeness (QED) is 0.810. The molecule has 0 aliphatic carbocycles. The second-order valence-corrected chi connectivity index (χ2v) is 5.25. The van der Waals surface area contributed by atoms with Gasteiger partial charge in [-0.05, 0) is 30.8 Å². The third-order valence-corrected chi connectivity index (χ3v) is 3.75. The summed E-state index contributed by atoms with van der Waals surface area (Å²) in [7, 11) is 0. The summed E-state index contributed by atoms with van der Waals surface area (Å²) < 4.78 is 0. The molecule has 0 bridgehead atoms. The molecule has 1 saturated heterocycles. The Kier molecular flexibility index (Phi) is 5.41. The van der Waals surface area contributed by atoms with Gasteiger partial charge in [-0.3, -0.25) is 10.2 Å². The van der Waals surface area contributed by atoms with Crippen LogP contribution in [0.2, 0.25) is 5.02 Å². The summed E-state index contributed by atoms with van der Waals surface area (Å²) in [4.78, 5) is 27.8. The van der Waals surface area contributed by atoms with Crippen LogP contribution in [0.25, 0.3) is 0 Å². The molecule has 0 saturated carbocycles. The van der Waals surface area contributed by atoms with Crippen molar-refractivity contribution in [1.29, 1.82) is 0 Å². The van der Waals surface area contributed by atoms with Crippen LogP contribution in [0.4, 0.5) is 4.79 Å². The van der Waals surface area contributed by atoms with E-state index in [2.05, 4.69) is 22.7 Å². The highest BCUT2D eigenvalue weighted by Crippen LogP contribution is 2.09. The second-order valence-electron chi connectivity index (χ2n) is 4.81. The zero-order valence-corrected chi connectivity index (χ0v) is 12.7. The minimum absolute atomic E-state index is 0.284. The lowest BCUT2D eigenvalue weighted by atomic mass is 10.2. The van der Waals surface area contributed by atoms with Gasteiger partial charge in [-0.25, -0.2) is 10.2 Å². The van der Waals surface area contributed by atoms with Crippen LogP contribution in [0, 0.1) is 0 Å². The van der Waals surface area contributed by atoms with E-state index in [1.807, 2.05) is 0 Å². The van der Waals surface area contributed by atoms with Gasteiger partial charge in [0.2, 0.25) is 0 Å². The van der Waals surface area contributed by atoms with Crippen molar-refractivity contribution in [3.63, 3.8) is 0 Å². The van der Waals surface area contributed by atoms with Gasteiger partial charge < -0.3 is 9.80 Å². The Balaban J connectivity index is 1.78. The first-order chi connectivity index (χ1) is 10.1. The van der Waals surface area contributed by atoms with E-state index < -0.39 is 0 Å². The van der Waals surface area contributed by atoms with Crippen LogP contribution in [0.1, 0.15) is 17.3 Å². The zero-order valence-electron chi connectivity index (χ0n) is 11.9. The molecule has 1 aromatic rings. The van der Waals surface area contributed by atoms with Crippen LogP contribution >= 0.6 is 11.6 Å². The lowest BCUT2D eigenvalue weighted by Gasteiger charge is -2.33. The Morgan fingerprint density at radius 1 is 1.10 bits per heavy atom. The average Bonchev–Trinajstić information content (AvgIpc) is 2.53. The van der Waals surface area contributed by atoms with Crippen molar-refractivity contribution < 1.29 is 9.59 Å². The molecule has 1 fully saturated rings. The number of amides is 3. The minimum atomic E-state index is -0.368. The number of urea groups is 1. The topological polar surface area (TPSA) is 64.7 Å². The maximum Gasteiger partial charge on any atom is 0.336 e. The number of carbonyl (C=O) groups is 2. The molecule has 3 amide bonds. The largest absolute Gasteiger partial charge is 0.336 e. The van der Waals surface area contributed by atoms with Crippen LogP contribution in [0.5, 0.6) is 0 Å². The standard InChI is InChI=1S/C14H19ClN4O2/c1-2-18-7-9-19(10-8-18)14(21)17-16-13(20)11-3-5-12(15)6-4-11/h3-6H,2,7-10H2,1H3,(H,16,20)(H,17,21). The smallest absolute Gasteiger partial charge is 0.321 e. The van der Waals surface area contributed by atoms with Crippen molar-refractivity contribution in [2.75, 3.05) is 32.7 Å². The normalized spacial score (nSPS) is 15.6. The highest BCUT2D eigenvalue weighted by molar-refractivity contribution is 6.30. The van der Waals surface area contributed by atoms with Gasteiger partial charge in [0.05, 0.1) is 0 Å².